The smallest absolute Gasteiger partial charge is 0.391 e. The van der Waals surface area contributed by atoms with E-state index < -0.39 is 12.1 Å². The van der Waals surface area contributed by atoms with Gasteiger partial charge < -0.3 is 19.8 Å². The van der Waals surface area contributed by atoms with Crippen molar-refractivity contribution in [3.05, 3.63) is 54.0 Å². The Hall–Kier alpha value is -2.64. The van der Waals surface area contributed by atoms with Crippen molar-refractivity contribution >= 4 is 5.96 Å². The number of nitrogens with zero attached hydrogens (tertiary/aromatic N) is 1. The van der Waals surface area contributed by atoms with Crippen molar-refractivity contribution in [2.45, 2.75) is 56.8 Å². The lowest BCUT2D eigenvalue weighted by atomic mass is 9.85. The van der Waals surface area contributed by atoms with E-state index in [-0.39, 0.29) is 24.9 Å². The van der Waals surface area contributed by atoms with E-state index in [9.17, 15) is 13.2 Å². The third kappa shape index (κ3) is 5.74. The second-order valence-corrected chi connectivity index (χ2v) is 8.18. The minimum atomic E-state index is -4.15. The largest absolute Gasteiger partial charge is 0.493 e. The van der Waals surface area contributed by atoms with Crippen LogP contribution in [-0.2, 0) is 6.42 Å². The molecule has 2 heterocycles. The molecule has 168 valence electrons. The fourth-order valence-corrected chi connectivity index (χ4v) is 4.33. The van der Waals surface area contributed by atoms with E-state index in [1.54, 1.807) is 6.26 Å². The number of aliphatic imine (C=N–C) groups is 1. The van der Waals surface area contributed by atoms with Gasteiger partial charge in [0.05, 0.1) is 24.8 Å². The van der Waals surface area contributed by atoms with E-state index in [4.69, 9.17) is 9.15 Å². The molecule has 2 N–H and O–H groups in total. The molecule has 31 heavy (non-hydrogen) atoms. The molecule has 0 spiro atoms. The van der Waals surface area contributed by atoms with Crippen LogP contribution in [-0.4, -0.2) is 31.3 Å². The van der Waals surface area contributed by atoms with Crippen LogP contribution in [0, 0.1) is 5.92 Å². The van der Waals surface area contributed by atoms with Gasteiger partial charge in [0.1, 0.15) is 11.5 Å². The van der Waals surface area contributed by atoms with Crippen LogP contribution >= 0.6 is 0 Å². The summed E-state index contributed by atoms with van der Waals surface area (Å²) in [4.78, 5) is 4.66. The van der Waals surface area contributed by atoms with Crippen LogP contribution < -0.4 is 15.4 Å². The fourth-order valence-electron chi connectivity index (χ4n) is 4.33. The number of para-hydroxylation sites is 1. The molecule has 0 bridgehead atoms. The maximum atomic E-state index is 13.3. The van der Waals surface area contributed by atoms with Gasteiger partial charge in [0.15, 0.2) is 5.96 Å². The van der Waals surface area contributed by atoms with Crippen molar-refractivity contribution in [3.8, 4) is 5.75 Å². The number of guanidine groups is 1. The predicted octanol–water partition coefficient (Wildman–Crippen LogP) is 5.00. The highest BCUT2D eigenvalue weighted by Crippen LogP contribution is 2.37. The summed E-state index contributed by atoms with van der Waals surface area (Å²) in [7, 11) is 0. The number of fused-ring (bicyclic) bond motifs is 1. The standard InChI is InChI=1S/C23H28F3N3O2/c24-23(25,26)16-5-3-6-17(15-16)28-22(27-12-10-18-7-4-13-30-18)29-20-11-14-31-21-9-2-1-8-19(20)21/h1-2,4,7-9,13,16-17,20H,3,5-6,10-12,14-15H2,(H2,27,28,29). The lowest BCUT2D eigenvalue weighted by Crippen LogP contribution is -2.48. The van der Waals surface area contributed by atoms with E-state index >= 15 is 0 Å². The van der Waals surface area contributed by atoms with Crippen LogP contribution in [0.15, 0.2) is 52.1 Å². The lowest BCUT2D eigenvalue weighted by molar-refractivity contribution is -0.183. The first-order valence-electron chi connectivity index (χ1n) is 10.9. The summed E-state index contributed by atoms with van der Waals surface area (Å²) in [5.74, 6) is 0.943. The molecule has 3 unspecified atom stereocenters. The van der Waals surface area contributed by atoms with Crippen LogP contribution in [0.2, 0.25) is 0 Å². The van der Waals surface area contributed by atoms with Gasteiger partial charge in [0, 0.05) is 31.0 Å². The molecule has 4 rings (SSSR count). The van der Waals surface area contributed by atoms with Crippen molar-refractivity contribution in [3.63, 3.8) is 0 Å². The Morgan fingerprint density at radius 1 is 1.06 bits per heavy atom. The molecule has 1 saturated carbocycles. The Balaban J connectivity index is 1.46. The molecule has 8 heteroatoms. The number of ether oxygens (including phenoxy) is 1. The predicted molar refractivity (Wildman–Crippen MR) is 112 cm³/mol. The number of hydrogen-bond donors (Lipinski definition) is 2. The summed E-state index contributed by atoms with van der Waals surface area (Å²) in [6, 6.07) is 11.3. The molecule has 1 aromatic heterocycles. The van der Waals surface area contributed by atoms with Crippen molar-refractivity contribution in [1.29, 1.82) is 0 Å². The van der Waals surface area contributed by atoms with E-state index in [1.165, 1.54) is 0 Å². The lowest BCUT2D eigenvalue weighted by Gasteiger charge is -2.33. The first kappa shape index (κ1) is 21.6. The van der Waals surface area contributed by atoms with Gasteiger partial charge in [0.25, 0.3) is 0 Å². The van der Waals surface area contributed by atoms with E-state index in [0.717, 1.165) is 23.5 Å². The summed E-state index contributed by atoms with van der Waals surface area (Å²) in [6.07, 6.45) is 0.391. The summed E-state index contributed by atoms with van der Waals surface area (Å²) >= 11 is 0. The van der Waals surface area contributed by atoms with E-state index in [1.807, 2.05) is 36.4 Å². The van der Waals surface area contributed by atoms with Gasteiger partial charge in [-0.2, -0.15) is 13.2 Å². The quantitative estimate of drug-likeness (QED) is 0.513. The minimum Gasteiger partial charge on any atom is -0.493 e. The first-order valence-corrected chi connectivity index (χ1v) is 10.9. The zero-order chi connectivity index (χ0) is 21.7. The molecule has 0 radical (unpaired) electrons. The average Bonchev–Trinajstić information content (AvgIpc) is 3.27. The molecule has 1 aliphatic carbocycles. The zero-order valence-corrected chi connectivity index (χ0v) is 17.3. The van der Waals surface area contributed by atoms with Crippen molar-refractivity contribution in [1.82, 2.24) is 10.6 Å². The van der Waals surface area contributed by atoms with Crippen LogP contribution in [0.4, 0.5) is 13.2 Å². The number of halogens is 3. The zero-order valence-electron chi connectivity index (χ0n) is 17.3. The highest BCUT2D eigenvalue weighted by molar-refractivity contribution is 5.80. The first-order chi connectivity index (χ1) is 15.0. The van der Waals surface area contributed by atoms with Crippen LogP contribution in [0.1, 0.15) is 49.5 Å². The van der Waals surface area contributed by atoms with Gasteiger partial charge in [-0.05, 0) is 37.5 Å². The Bertz CT molecular complexity index is 867. The van der Waals surface area contributed by atoms with Gasteiger partial charge in [-0.1, -0.05) is 24.6 Å². The number of hydrogen-bond acceptors (Lipinski definition) is 3. The summed E-state index contributed by atoms with van der Waals surface area (Å²) in [5.41, 5.74) is 1.03. The van der Waals surface area contributed by atoms with Gasteiger partial charge in [-0.3, -0.25) is 4.99 Å². The Morgan fingerprint density at radius 3 is 2.74 bits per heavy atom. The molecule has 1 fully saturated rings. The summed E-state index contributed by atoms with van der Waals surface area (Å²) < 4.78 is 50.8. The highest BCUT2D eigenvalue weighted by Gasteiger charge is 2.42. The Morgan fingerprint density at radius 2 is 1.94 bits per heavy atom. The summed E-state index contributed by atoms with van der Waals surface area (Å²) in [6.45, 7) is 1.05. The molecule has 0 saturated heterocycles. The number of nitrogens with one attached hydrogen (secondary N) is 2. The van der Waals surface area contributed by atoms with Crippen LogP contribution in [0.25, 0.3) is 0 Å². The molecule has 1 aliphatic heterocycles. The van der Waals surface area contributed by atoms with Crippen LogP contribution in [0.5, 0.6) is 5.75 Å². The molecule has 2 aliphatic rings. The molecule has 5 nitrogen and oxygen atoms in total. The van der Waals surface area contributed by atoms with Crippen LogP contribution in [0.3, 0.4) is 0 Å². The third-order valence-electron chi connectivity index (χ3n) is 5.96. The molecule has 2 aromatic rings. The van der Waals surface area contributed by atoms with Gasteiger partial charge >= 0.3 is 6.18 Å². The fraction of sp³-hybridized carbons (Fsp3) is 0.522. The van der Waals surface area contributed by atoms with Gasteiger partial charge in [-0.25, -0.2) is 0 Å². The number of furan rings is 1. The third-order valence-corrected chi connectivity index (χ3v) is 5.96. The number of alkyl halides is 3. The minimum absolute atomic E-state index is 0.0122. The monoisotopic (exact) mass is 435 g/mol. The maximum Gasteiger partial charge on any atom is 0.391 e. The SMILES string of the molecule is FC(F)(F)C1CCCC(NC(=NCCc2ccco2)NC2CCOc3ccccc32)C1. The molecular formula is C23H28F3N3O2. The molecular weight excluding hydrogens is 407 g/mol. The van der Waals surface area contributed by atoms with Crippen molar-refractivity contribution in [2.24, 2.45) is 10.9 Å². The van der Waals surface area contributed by atoms with Gasteiger partial charge in [0.2, 0.25) is 0 Å². The molecule has 0 amide bonds. The van der Waals surface area contributed by atoms with Crippen molar-refractivity contribution in [2.75, 3.05) is 13.2 Å². The normalized spacial score (nSPS) is 24.2. The Kier molecular flexibility index (Phi) is 6.73. The molecule has 1 aromatic carbocycles. The average molecular weight is 435 g/mol. The van der Waals surface area contributed by atoms with Gasteiger partial charge in [-0.15, -0.1) is 0 Å². The van der Waals surface area contributed by atoms with E-state index in [0.29, 0.717) is 38.4 Å². The second-order valence-electron chi connectivity index (χ2n) is 8.18. The maximum absolute atomic E-state index is 13.3. The summed E-state index contributed by atoms with van der Waals surface area (Å²) in [5, 5.41) is 6.72. The number of benzene rings is 1. The highest BCUT2D eigenvalue weighted by atomic mass is 19.4. The van der Waals surface area contributed by atoms with Crippen molar-refractivity contribution < 1.29 is 22.3 Å². The number of rotatable bonds is 5. The second kappa shape index (κ2) is 9.66. The van der Waals surface area contributed by atoms with E-state index in [2.05, 4.69) is 15.6 Å². The Labute approximate surface area is 180 Å². The molecule has 3 atom stereocenters. The topological polar surface area (TPSA) is 58.8 Å².